The van der Waals surface area contributed by atoms with Crippen LogP contribution in [0.5, 0.6) is 5.75 Å². The number of hydrogen-bond donors (Lipinski definition) is 1. The number of carbonyl (C=O) groups is 2. The summed E-state index contributed by atoms with van der Waals surface area (Å²) in [5, 5.41) is 12.5. The van der Waals surface area contributed by atoms with Crippen LogP contribution in [-0.2, 0) is 24.5 Å². The number of carbonyl (C=O) groups excluding carboxylic acids is 2. The molecule has 3 heterocycles. The van der Waals surface area contributed by atoms with Crippen molar-refractivity contribution in [1.29, 1.82) is 0 Å². The van der Waals surface area contributed by atoms with Gasteiger partial charge in [0.1, 0.15) is 5.75 Å². The Balaban J connectivity index is 1.86. The van der Waals surface area contributed by atoms with Crippen LogP contribution in [0.3, 0.4) is 0 Å². The Bertz CT molecular complexity index is 1040. The van der Waals surface area contributed by atoms with Gasteiger partial charge in [0.05, 0.1) is 20.3 Å². The van der Waals surface area contributed by atoms with E-state index in [2.05, 4.69) is 23.1 Å². The Kier molecular flexibility index (Phi) is 4.85. The predicted octanol–water partition coefficient (Wildman–Crippen LogP) is 1.64. The van der Waals surface area contributed by atoms with Crippen molar-refractivity contribution in [3.05, 3.63) is 35.9 Å². The minimum atomic E-state index is -2.08. The number of fused-ring (bicyclic) bond motifs is 1. The molecule has 0 aromatic heterocycles. The maximum Gasteiger partial charge on any atom is 0.344 e. The number of anilines is 1. The zero-order chi connectivity index (χ0) is 23.8. The molecule has 8 heteroatoms. The van der Waals surface area contributed by atoms with Gasteiger partial charge in [-0.15, -0.1) is 0 Å². The van der Waals surface area contributed by atoms with Crippen LogP contribution >= 0.6 is 0 Å². The maximum atomic E-state index is 13.5. The minimum Gasteiger partial charge on any atom is -0.497 e. The molecule has 0 radical (unpaired) electrons. The van der Waals surface area contributed by atoms with Gasteiger partial charge in [-0.1, -0.05) is 25.1 Å². The van der Waals surface area contributed by atoms with E-state index in [0.29, 0.717) is 12.2 Å². The molecule has 33 heavy (non-hydrogen) atoms. The molecule has 1 aromatic carbocycles. The molecule has 0 bridgehead atoms. The number of nitrogens with zero attached hydrogens (tertiary/aromatic N) is 2. The van der Waals surface area contributed by atoms with E-state index in [4.69, 9.17) is 14.2 Å². The second-order valence-electron chi connectivity index (χ2n) is 9.76. The first kappa shape index (κ1) is 22.2. The molecule has 178 valence electrons. The van der Waals surface area contributed by atoms with Crippen LogP contribution in [0.2, 0.25) is 0 Å². The first-order valence-corrected chi connectivity index (χ1v) is 11.5. The SMILES string of the molecule is CCC12C=CCN3CC[C@@]4(c5ccc(OC)cc5N(C)[C@H]4[C@@](O)(C(=O)OC)[C@@H]1OC(C)=O)C32. The number of benzene rings is 1. The number of rotatable bonds is 4. The van der Waals surface area contributed by atoms with E-state index < -0.39 is 40.5 Å². The molecule has 1 aromatic rings. The molecule has 5 rings (SSSR count). The number of aliphatic hydroxyl groups is 1. The van der Waals surface area contributed by atoms with Gasteiger partial charge in [0.15, 0.2) is 6.10 Å². The summed E-state index contributed by atoms with van der Waals surface area (Å²) in [6, 6.07) is 5.22. The Labute approximate surface area is 194 Å². The average molecular weight is 457 g/mol. The lowest BCUT2D eigenvalue weighted by molar-refractivity contribution is -0.228. The number of methoxy groups -OCH3 is 2. The van der Waals surface area contributed by atoms with E-state index in [1.165, 1.54) is 14.0 Å². The molecule has 0 amide bonds. The van der Waals surface area contributed by atoms with Crippen molar-refractivity contribution in [3.8, 4) is 5.75 Å². The normalized spacial score (nSPS) is 38.4. The van der Waals surface area contributed by atoms with Crippen LogP contribution in [0.25, 0.3) is 0 Å². The fourth-order valence-corrected chi connectivity index (χ4v) is 7.68. The average Bonchev–Trinajstić information content (AvgIpc) is 3.32. The van der Waals surface area contributed by atoms with E-state index in [1.807, 2.05) is 31.0 Å². The smallest absolute Gasteiger partial charge is 0.344 e. The summed E-state index contributed by atoms with van der Waals surface area (Å²) in [6.45, 7) is 4.94. The van der Waals surface area contributed by atoms with E-state index in [0.717, 1.165) is 30.8 Å². The van der Waals surface area contributed by atoms with Crippen LogP contribution < -0.4 is 9.64 Å². The van der Waals surface area contributed by atoms with Crippen molar-refractivity contribution >= 4 is 17.6 Å². The quantitative estimate of drug-likeness (QED) is 0.541. The highest BCUT2D eigenvalue weighted by molar-refractivity contribution is 5.87. The summed E-state index contributed by atoms with van der Waals surface area (Å²) >= 11 is 0. The molecule has 8 nitrogen and oxygen atoms in total. The molecule has 1 saturated carbocycles. The summed E-state index contributed by atoms with van der Waals surface area (Å²) in [6.07, 6.45) is 4.40. The van der Waals surface area contributed by atoms with Gasteiger partial charge in [0.2, 0.25) is 5.60 Å². The summed E-state index contributed by atoms with van der Waals surface area (Å²) in [5.41, 5.74) is -1.41. The largest absolute Gasteiger partial charge is 0.497 e. The lowest BCUT2D eigenvalue weighted by Gasteiger charge is -2.63. The molecule has 2 unspecified atom stereocenters. The van der Waals surface area contributed by atoms with Crippen molar-refractivity contribution < 1.29 is 28.9 Å². The van der Waals surface area contributed by atoms with E-state index in [1.54, 1.807) is 7.11 Å². The molecule has 1 saturated heterocycles. The van der Waals surface area contributed by atoms with Gasteiger partial charge in [-0.3, -0.25) is 9.69 Å². The number of esters is 2. The van der Waals surface area contributed by atoms with Gasteiger partial charge in [0, 0.05) is 49.1 Å². The van der Waals surface area contributed by atoms with Gasteiger partial charge < -0.3 is 24.2 Å². The van der Waals surface area contributed by atoms with E-state index >= 15 is 0 Å². The Morgan fingerprint density at radius 1 is 1.24 bits per heavy atom. The second-order valence-corrected chi connectivity index (χ2v) is 9.76. The molecule has 1 N–H and O–H groups in total. The molecule has 2 fully saturated rings. The molecular weight excluding hydrogens is 424 g/mol. The number of hydrogen-bond acceptors (Lipinski definition) is 8. The zero-order valence-corrected chi connectivity index (χ0v) is 19.8. The van der Waals surface area contributed by atoms with Crippen LogP contribution in [0.15, 0.2) is 30.4 Å². The highest BCUT2D eigenvalue weighted by Crippen LogP contribution is 2.67. The Morgan fingerprint density at radius 2 is 2.00 bits per heavy atom. The summed E-state index contributed by atoms with van der Waals surface area (Å²) in [5.74, 6) is -0.617. The molecule has 1 spiro atoms. The lowest BCUT2D eigenvalue weighted by atomic mass is 9.47. The van der Waals surface area contributed by atoms with Gasteiger partial charge in [0.25, 0.3) is 0 Å². The Morgan fingerprint density at radius 3 is 2.64 bits per heavy atom. The number of ether oxygens (including phenoxy) is 3. The number of likely N-dealkylation sites (N-methyl/N-ethyl adjacent to an activating group) is 1. The van der Waals surface area contributed by atoms with Crippen LogP contribution in [0.1, 0.15) is 32.3 Å². The first-order valence-electron chi connectivity index (χ1n) is 11.5. The predicted molar refractivity (Wildman–Crippen MR) is 121 cm³/mol. The van der Waals surface area contributed by atoms with E-state index in [9.17, 15) is 14.7 Å². The fraction of sp³-hybridized carbons (Fsp3) is 0.600. The maximum absolute atomic E-state index is 13.5. The standard InChI is InChI=1S/C25H32N2O6/c1-6-23-10-7-12-27-13-11-24(19(23)27)17-9-8-16(31-4)14-18(17)26(3)20(24)25(30,22(29)32-5)21(23)33-15(2)28/h7-10,14,19-21,30H,6,11-13H2,1-5H3/t19?,20-,21-,23?,24-,25+/m1/s1. The van der Waals surface area contributed by atoms with Crippen LogP contribution in [-0.4, -0.2) is 80.1 Å². The van der Waals surface area contributed by atoms with Crippen molar-refractivity contribution in [2.75, 3.05) is 39.3 Å². The molecular formula is C25H32N2O6. The summed E-state index contributed by atoms with van der Waals surface area (Å²) in [4.78, 5) is 30.2. The lowest BCUT2D eigenvalue weighted by Crippen LogP contribution is -2.81. The fourth-order valence-electron chi connectivity index (χ4n) is 7.68. The van der Waals surface area contributed by atoms with Gasteiger partial charge >= 0.3 is 11.9 Å². The van der Waals surface area contributed by atoms with Gasteiger partial charge in [-0.25, -0.2) is 4.79 Å². The van der Waals surface area contributed by atoms with E-state index in [-0.39, 0.29) is 6.04 Å². The highest BCUT2D eigenvalue weighted by atomic mass is 16.6. The van der Waals surface area contributed by atoms with Crippen molar-refractivity contribution in [2.24, 2.45) is 5.41 Å². The Hall–Kier alpha value is -2.58. The third-order valence-electron chi connectivity index (χ3n) is 8.62. The molecule has 1 aliphatic carbocycles. The van der Waals surface area contributed by atoms with Crippen molar-refractivity contribution in [3.63, 3.8) is 0 Å². The topological polar surface area (TPSA) is 88.5 Å². The third kappa shape index (κ3) is 2.48. The first-order chi connectivity index (χ1) is 15.7. The highest BCUT2D eigenvalue weighted by Gasteiger charge is 2.80. The molecule has 3 aliphatic heterocycles. The van der Waals surface area contributed by atoms with Crippen LogP contribution in [0.4, 0.5) is 5.69 Å². The molecule has 4 aliphatic rings. The van der Waals surface area contributed by atoms with Gasteiger partial charge in [-0.2, -0.15) is 0 Å². The minimum absolute atomic E-state index is 0.0589. The second kappa shape index (κ2) is 7.21. The van der Waals surface area contributed by atoms with Crippen molar-refractivity contribution in [1.82, 2.24) is 4.90 Å². The summed E-state index contributed by atoms with van der Waals surface area (Å²) < 4.78 is 16.6. The van der Waals surface area contributed by atoms with Crippen LogP contribution in [0, 0.1) is 5.41 Å². The monoisotopic (exact) mass is 456 g/mol. The zero-order valence-electron chi connectivity index (χ0n) is 19.8. The van der Waals surface area contributed by atoms with Crippen molar-refractivity contribution in [2.45, 2.75) is 55.9 Å². The summed E-state index contributed by atoms with van der Waals surface area (Å²) in [7, 11) is 4.77. The van der Waals surface area contributed by atoms with Gasteiger partial charge in [-0.05, 0) is 31.0 Å². The molecule has 6 atom stereocenters. The third-order valence-corrected chi connectivity index (χ3v) is 8.62.